The molecule has 2 saturated heterocycles. The average molecular weight is 955 g/mol. The number of fused-ring (bicyclic) bond motifs is 4. The minimum absolute atomic E-state index is 0.0987. The molecule has 0 N–H and O–H groups in total. The van der Waals surface area contributed by atoms with Crippen LogP contribution in [0.5, 0.6) is 0 Å². The predicted molar refractivity (Wildman–Crippen MR) is 269 cm³/mol. The molecule has 6 aliphatic rings. The van der Waals surface area contributed by atoms with Crippen LogP contribution < -0.4 is 19.6 Å². The standard InChI is InChI=1S/C24H30N6O2.C23H30ClN5O3.2C2H6/c1-16-12-22-23(13-18(16)14-25)29(9-8-27(22)3)24-20-15-28(17(2)31)7-4-21(20)30(26-24)19-5-10-32-11-6-19;1-15-12-20-21(13-18(15)24)28(9-8-26(20)2)22-17-14-27(23(30)31-3)7-4-19(17)29(25-22)16-5-10-32-11-6-16;2*1-2/h12-13,19H,4-11,15H2,1-3H3;12-13,16H,4-11,14H2,1-3H3;2*1-2H3. The van der Waals surface area contributed by atoms with E-state index in [4.69, 9.17) is 36.0 Å². The molecule has 10 rings (SSSR count). The number of nitrogens with zero attached hydrogens (tertiary/aromatic N) is 11. The lowest BCUT2D eigenvalue weighted by atomic mass is 10.0. The Kier molecular flexibility index (Phi) is 16.5. The van der Waals surface area contributed by atoms with Crippen molar-refractivity contribution >= 4 is 58.0 Å². The van der Waals surface area contributed by atoms with Crippen molar-refractivity contribution in [2.45, 2.75) is 112 Å². The van der Waals surface area contributed by atoms with Crippen LogP contribution in [-0.4, -0.2) is 128 Å². The number of hydrogen-bond donors (Lipinski definition) is 0. The number of carbonyl (C=O) groups is 2. The summed E-state index contributed by atoms with van der Waals surface area (Å²) in [4.78, 5) is 37.2. The smallest absolute Gasteiger partial charge is 0.409 e. The lowest BCUT2D eigenvalue weighted by Gasteiger charge is -2.37. The molecular weight excluding hydrogens is 882 g/mol. The van der Waals surface area contributed by atoms with Gasteiger partial charge in [0.15, 0.2) is 11.6 Å². The van der Waals surface area contributed by atoms with E-state index in [9.17, 15) is 14.9 Å². The third-order valence-electron chi connectivity index (χ3n) is 14.0. The van der Waals surface area contributed by atoms with Gasteiger partial charge in [0.2, 0.25) is 5.91 Å². The summed E-state index contributed by atoms with van der Waals surface area (Å²) in [5.41, 5.74) is 11.8. The van der Waals surface area contributed by atoms with Crippen molar-refractivity contribution in [3.63, 3.8) is 0 Å². The Labute approximate surface area is 408 Å². The summed E-state index contributed by atoms with van der Waals surface area (Å²) < 4.78 is 20.6. The molecule has 16 nitrogen and oxygen atoms in total. The van der Waals surface area contributed by atoms with Crippen LogP contribution in [0, 0.1) is 25.2 Å². The first kappa shape index (κ1) is 50.4. The van der Waals surface area contributed by atoms with Crippen LogP contribution >= 0.6 is 11.6 Å². The van der Waals surface area contributed by atoms with Gasteiger partial charge < -0.3 is 43.6 Å². The molecular formula is C51H72ClN11O5. The molecule has 4 aromatic rings. The van der Waals surface area contributed by atoms with Crippen LogP contribution in [0.25, 0.3) is 0 Å². The molecule has 2 amide bonds. The summed E-state index contributed by atoms with van der Waals surface area (Å²) in [6.07, 6.45) is 5.12. The Hall–Kier alpha value is -5.50. The number of amides is 2. The van der Waals surface area contributed by atoms with Gasteiger partial charge in [-0.1, -0.05) is 39.3 Å². The maximum absolute atomic E-state index is 12.3. The molecule has 68 heavy (non-hydrogen) atoms. The van der Waals surface area contributed by atoms with Gasteiger partial charge in [0.05, 0.1) is 66.7 Å². The molecule has 0 aliphatic carbocycles. The Morgan fingerprint density at radius 1 is 0.676 bits per heavy atom. The first-order valence-corrected chi connectivity index (χ1v) is 25.1. The first-order chi connectivity index (χ1) is 32.9. The second kappa shape index (κ2) is 22.3. The van der Waals surface area contributed by atoms with Crippen LogP contribution in [0.3, 0.4) is 0 Å². The number of anilines is 6. The number of hydrogen-bond acceptors (Lipinski definition) is 12. The molecule has 17 heteroatoms. The third kappa shape index (κ3) is 9.98. The van der Waals surface area contributed by atoms with Crippen molar-refractivity contribution in [2.75, 3.05) is 107 Å². The Balaban J connectivity index is 0.000000188. The highest BCUT2D eigenvalue weighted by Crippen LogP contribution is 2.45. The van der Waals surface area contributed by atoms with E-state index in [1.54, 1.807) is 11.8 Å². The van der Waals surface area contributed by atoms with Gasteiger partial charge >= 0.3 is 6.09 Å². The topological polar surface area (TPSA) is 141 Å². The number of ether oxygens (including phenoxy) is 3. The van der Waals surface area contributed by atoms with Gasteiger partial charge in [0.1, 0.15) is 0 Å². The van der Waals surface area contributed by atoms with E-state index in [-0.39, 0.29) is 12.0 Å². The monoisotopic (exact) mass is 954 g/mol. The van der Waals surface area contributed by atoms with E-state index >= 15 is 0 Å². The number of halogens is 1. The largest absolute Gasteiger partial charge is 0.453 e. The molecule has 6 aliphatic heterocycles. The van der Waals surface area contributed by atoms with Gasteiger partial charge in [-0.15, -0.1) is 0 Å². The predicted octanol–water partition coefficient (Wildman–Crippen LogP) is 8.87. The van der Waals surface area contributed by atoms with Crippen LogP contribution in [-0.2, 0) is 44.9 Å². The molecule has 2 aromatic heterocycles. The zero-order chi connectivity index (χ0) is 48.8. The van der Waals surface area contributed by atoms with Gasteiger partial charge in [-0.3, -0.25) is 14.2 Å². The van der Waals surface area contributed by atoms with Crippen molar-refractivity contribution < 1.29 is 23.8 Å². The zero-order valence-electron chi connectivity index (χ0n) is 42.0. The average Bonchev–Trinajstić information content (AvgIpc) is 3.95. The van der Waals surface area contributed by atoms with Crippen molar-refractivity contribution in [1.29, 1.82) is 5.26 Å². The molecule has 0 bridgehead atoms. The number of aryl methyl sites for hydroxylation is 2. The number of aromatic nitrogens is 4. The molecule has 368 valence electrons. The van der Waals surface area contributed by atoms with Gasteiger partial charge in [-0.25, -0.2) is 4.79 Å². The summed E-state index contributed by atoms with van der Waals surface area (Å²) in [6, 6.07) is 11.3. The molecule has 0 radical (unpaired) electrons. The quantitative estimate of drug-likeness (QED) is 0.193. The van der Waals surface area contributed by atoms with E-state index in [2.05, 4.69) is 61.3 Å². The van der Waals surface area contributed by atoms with E-state index < -0.39 is 0 Å². The second-order valence-electron chi connectivity index (χ2n) is 17.9. The van der Waals surface area contributed by atoms with Crippen molar-refractivity contribution in [2.24, 2.45) is 0 Å². The summed E-state index contributed by atoms with van der Waals surface area (Å²) in [6.45, 7) is 22.5. The van der Waals surface area contributed by atoms with Gasteiger partial charge in [-0.2, -0.15) is 15.5 Å². The van der Waals surface area contributed by atoms with E-state index in [1.165, 1.54) is 18.5 Å². The van der Waals surface area contributed by atoms with E-state index in [0.29, 0.717) is 37.3 Å². The maximum atomic E-state index is 12.3. The number of benzene rings is 2. The SMILES string of the molecule is CC.CC.CC(=O)N1CCc2c(c(N3CCN(C)c4cc(C)c(C#N)cc43)nn2C2CCOCC2)C1.COC(=O)N1CCc2c(c(N3CCN(C)c4cc(C)c(Cl)cc43)nn2C2CCOCC2)C1. The zero-order valence-corrected chi connectivity index (χ0v) is 42.8. The highest BCUT2D eigenvalue weighted by atomic mass is 35.5. The molecule has 2 fully saturated rings. The van der Waals surface area contributed by atoms with E-state index in [1.807, 2.05) is 58.6 Å². The highest BCUT2D eigenvalue weighted by molar-refractivity contribution is 6.31. The normalized spacial score (nSPS) is 18.0. The van der Waals surface area contributed by atoms with E-state index in [0.717, 1.165) is 159 Å². The fourth-order valence-electron chi connectivity index (χ4n) is 10.2. The Bertz CT molecular complexity index is 2470. The Morgan fingerprint density at radius 2 is 1.13 bits per heavy atom. The summed E-state index contributed by atoms with van der Waals surface area (Å²) in [5.74, 6) is 1.95. The number of nitriles is 1. The van der Waals surface area contributed by atoms with Gasteiger partial charge in [-0.05, 0) is 74.9 Å². The minimum atomic E-state index is -0.294. The van der Waals surface area contributed by atoms with Crippen molar-refractivity contribution in [1.82, 2.24) is 29.4 Å². The highest BCUT2D eigenvalue weighted by Gasteiger charge is 2.37. The van der Waals surface area contributed by atoms with Crippen molar-refractivity contribution in [3.8, 4) is 6.07 Å². The lowest BCUT2D eigenvalue weighted by molar-refractivity contribution is -0.129. The number of carbonyl (C=O) groups excluding carboxylic acids is 2. The molecule has 0 saturated carbocycles. The third-order valence-corrected chi connectivity index (χ3v) is 14.4. The summed E-state index contributed by atoms with van der Waals surface area (Å²) >= 11 is 6.55. The van der Waals surface area contributed by atoms with Gasteiger partial charge in [0, 0.05) is 127 Å². The van der Waals surface area contributed by atoms with Crippen molar-refractivity contribution in [3.05, 3.63) is 68.5 Å². The van der Waals surface area contributed by atoms with Crippen LogP contribution in [0.15, 0.2) is 24.3 Å². The van der Waals surface area contributed by atoms with Crippen LogP contribution in [0.4, 0.5) is 39.2 Å². The fourth-order valence-corrected chi connectivity index (χ4v) is 10.4. The van der Waals surface area contributed by atoms with Crippen LogP contribution in [0.1, 0.15) is 112 Å². The number of methoxy groups -OCH3 is 1. The van der Waals surface area contributed by atoms with Crippen LogP contribution in [0.2, 0.25) is 5.02 Å². The van der Waals surface area contributed by atoms with Gasteiger partial charge in [0.25, 0.3) is 0 Å². The summed E-state index contributed by atoms with van der Waals surface area (Å²) in [5, 5.41) is 20.8. The molecule has 2 aromatic carbocycles. The summed E-state index contributed by atoms with van der Waals surface area (Å²) in [7, 11) is 5.64. The molecule has 0 spiro atoms. The second-order valence-corrected chi connectivity index (χ2v) is 18.3. The molecule has 0 atom stereocenters. The maximum Gasteiger partial charge on any atom is 0.409 e. The minimum Gasteiger partial charge on any atom is -0.453 e. The Morgan fingerprint density at radius 3 is 1.60 bits per heavy atom. The molecule has 8 heterocycles. The first-order valence-electron chi connectivity index (χ1n) is 24.7. The lowest BCUT2D eigenvalue weighted by Crippen LogP contribution is -2.39. The number of likely N-dealkylation sites (N-methyl/N-ethyl adjacent to an activating group) is 2. The number of rotatable bonds is 4. The molecule has 0 unspecified atom stereocenters. The fraction of sp³-hybridized carbons (Fsp3) is 0.588.